The number of benzene rings is 2. The van der Waals surface area contributed by atoms with Crippen molar-refractivity contribution in [1.82, 2.24) is 14.9 Å². The van der Waals surface area contributed by atoms with Crippen LogP contribution in [0.2, 0.25) is 10.0 Å². The molecule has 142 valence electrons. The van der Waals surface area contributed by atoms with Crippen molar-refractivity contribution in [3.8, 4) is 5.75 Å². The molecule has 0 radical (unpaired) electrons. The molecule has 0 spiro atoms. The molecule has 3 aromatic rings. The van der Waals surface area contributed by atoms with Crippen LogP contribution in [-0.4, -0.2) is 33.0 Å². The van der Waals surface area contributed by atoms with Crippen LogP contribution in [0.5, 0.6) is 5.75 Å². The zero-order valence-corrected chi connectivity index (χ0v) is 16.8. The molecule has 1 unspecified atom stereocenters. The summed E-state index contributed by atoms with van der Waals surface area (Å²) in [6.45, 7) is 0. The molecule has 1 aliphatic heterocycles. The molecule has 10 heteroatoms. The monoisotopic (exact) mass is 433 g/mol. The van der Waals surface area contributed by atoms with Gasteiger partial charge in [0, 0.05) is 10.6 Å². The molecule has 1 atom stereocenters. The molecule has 0 fully saturated rings. The zero-order chi connectivity index (χ0) is 19.7. The van der Waals surface area contributed by atoms with Crippen molar-refractivity contribution in [3.63, 3.8) is 0 Å². The first-order chi connectivity index (χ1) is 13.6. The third kappa shape index (κ3) is 3.54. The fraction of sp³-hybridized carbons (Fsp3) is 0.111. The van der Waals surface area contributed by atoms with Crippen LogP contribution in [0, 0.1) is 0 Å². The van der Waals surface area contributed by atoms with Gasteiger partial charge in [0.2, 0.25) is 17.2 Å². The number of aliphatic imine (C=N–C) groups is 1. The topological polar surface area (TPSA) is 64.8 Å². The van der Waals surface area contributed by atoms with Gasteiger partial charge in [-0.05, 0) is 54.7 Å². The van der Waals surface area contributed by atoms with Gasteiger partial charge < -0.3 is 9.47 Å². The van der Waals surface area contributed by atoms with Gasteiger partial charge in [-0.15, -0.1) is 10.2 Å². The van der Waals surface area contributed by atoms with Crippen LogP contribution in [0.4, 0.5) is 0 Å². The van der Waals surface area contributed by atoms with E-state index in [9.17, 15) is 0 Å². The molecule has 2 heterocycles. The summed E-state index contributed by atoms with van der Waals surface area (Å²) in [5.74, 6) is 1.03. The van der Waals surface area contributed by atoms with Gasteiger partial charge in [-0.3, -0.25) is 0 Å². The maximum absolute atomic E-state index is 6.34. The highest BCUT2D eigenvalue weighted by molar-refractivity contribution is 7.80. The lowest BCUT2D eigenvalue weighted by atomic mass is 10.1. The van der Waals surface area contributed by atoms with Crippen molar-refractivity contribution in [1.29, 1.82) is 0 Å². The Morgan fingerprint density at radius 2 is 1.79 bits per heavy atom. The second-order valence-corrected chi connectivity index (χ2v) is 6.96. The highest BCUT2D eigenvalue weighted by Gasteiger charge is 2.33. The van der Waals surface area contributed by atoms with Crippen LogP contribution in [-0.2, 0) is 4.74 Å². The number of aromatic nitrogens is 3. The molecule has 1 aromatic heterocycles. The maximum atomic E-state index is 6.34. The van der Waals surface area contributed by atoms with Crippen LogP contribution in [0.3, 0.4) is 0 Å². The van der Waals surface area contributed by atoms with Gasteiger partial charge in [0.1, 0.15) is 18.4 Å². The number of hydrogen-bond acceptors (Lipinski definition) is 5. The summed E-state index contributed by atoms with van der Waals surface area (Å²) in [5, 5.41) is 10.5. The van der Waals surface area contributed by atoms with E-state index in [2.05, 4.69) is 15.2 Å². The standard InChI is InChI=1S/C18H13Cl2N5O2S/c1-26-13-5-2-11(3-6-13)17-25(24-9-21-22-10-24)18(28)23-16(27-17)14-7-4-12(19)8-15(14)20/h2-10,17H,1H3. The third-order valence-corrected chi connectivity index (χ3v) is 4.88. The minimum Gasteiger partial charge on any atom is -0.497 e. The SMILES string of the molecule is COc1ccc(C2OC(c3ccc(Cl)cc3Cl)=NC(=S)N2n2cnnc2)cc1. The molecule has 7 nitrogen and oxygen atoms in total. The Balaban J connectivity index is 1.78. The van der Waals surface area contributed by atoms with Crippen molar-refractivity contribution >= 4 is 46.4 Å². The zero-order valence-electron chi connectivity index (χ0n) is 14.5. The van der Waals surface area contributed by atoms with Gasteiger partial charge in [-0.25, -0.2) is 9.69 Å². The van der Waals surface area contributed by atoms with Crippen molar-refractivity contribution in [2.45, 2.75) is 6.23 Å². The molecule has 1 aliphatic rings. The summed E-state index contributed by atoms with van der Waals surface area (Å²) >= 11 is 17.9. The van der Waals surface area contributed by atoms with Crippen molar-refractivity contribution in [2.24, 2.45) is 4.99 Å². The first kappa shape index (κ1) is 18.7. The van der Waals surface area contributed by atoms with Gasteiger partial charge in [0.05, 0.1) is 17.7 Å². The number of rotatable bonds is 4. The molecule has 0 aliphatic carbocycles. The third-order valence-electron chi connectivity index (χ3n) is 4.06. The quantitative estimate of drug-likeness (QED) is 0.579. The summed E-state index contributed by atoms with van der Waals surface area (Å²) in [6, 6.07) is 12.5. The van der Waals surface area contributed by atoms with E-state index in [1.54, 1.807) is 35.0 Å². The van der Waals surface area contributed by atoms with Crippen LogP contribution in [0.25, 0.3) is 0 Å². The van der Waals surface area contributed by atoms with Crippen LogP contribution in [0.1, 0.15) is 17.4 Å². The number of nitrogens with zero attached hydrogens (tertiary/aromatic N) is 5. The Labute approximate surface area is 176 Å². The van der Waals surface area contributed by atoms with Crippen LogP contribution >= 0.6 is 35.4 Å². The van der Waals surface area contributed by atoms with E-state index >= 15 is 0 Å². The number of hydrogen-bond donors (Lipinski definition) is 0. The van der Waals surface area contributed by atoms with Crippen molar-refractivity contribution in [2.75, 3.05) is 12.1 Å². The van der Waals surface area contributed by atoms with Crippen molar-refractivity contribution in [3.05, 3.63) is 76.3 Å². The molecule has 0 N–H and O–H groups in total. The molecular weight excluding hydrogens is 421 g/mol. The summed E-state index contributed by atoms with van der Waals surface area (Å²) in [4.78, 5) is 4.41. The molecule has 0 amide bonds. The van der Waals surface area contributed by atoms with Gasteiger partial charge in [-0.2, -0.15) is 4.99 Å². The second-order valence-electron chi connectivity index (χ2n) is 5.75. The lowest BCUT2D eigenvalue weighted by Crippen LogP contribution is -2.46. The lowest BCUT2D eigenvalue weighted by molar-refractivity contribution is 0.172. The Kier molecular flexibility index (Phi) is 5.17. The first-order valence-electron chi connectivity index (χ1n) is 8.09. The average molecular weight is 434 g/mol. The molecule has 4 rings (SSSR count). The molecule has 2 aromatic carbocycles. The van der Waals surface area contributed by atoms with E-state index in [0.29, 0.717) is 21.5 Å². The predicted octanol–water partition coefficient (Wildman–Crippen LogP) is 3.99. The van der Waals surface area contributed by atoms with E-state index in [0.717, 1.165) is 11.3 Å². The van der Waals surface area contributed by atoms with Crippen LogP contribution in [0.15, 0.2) is 60.1 Å². The summed E-state index contributed by atoms with van der Waals surface area (Å²) in [5.41, 5.74) is 1.42. The Bertz CT molecular complexity index is 1040. The summed E-state index contributed by atoms with van der Waals surface area (Å²) in [6.07, 6.45) is 2.41. The van der Waals surface area contributed by atoms with Gasteiger partial charge in [0.25, 0.3) is 0 Å². The highest BCUT2D eigenvalue weighted by Crippen LogP contribution is 2.31. The minimum absolute atomic E-state index is 0.271. The predicted molar refractivity (Wildman–Crippen MR) is 111 cm³/mol. The molecule has 28 heavy (non-hydrogen) atoms. The summed E-state index contributed by atoms with van der Waals surface area (Å²) in [7, 11) is 1.61. The Hall–Kier alpha value is -2.68. The van der Waals surface area contributed by atoms with Crippen LogP contribution < -0.4 is 9.75 Å². The van der Waals surface area contributed by atoms with E-state index < -0.39 is 6.23 Å². The van der Waals surface area contributed by atoms with E-state index in [1.807, 2.05) is 24.3 Å². The number of thiocarbonyl (C=S) groups is 1. The van der Waals surface area contributed by atoms with Crippen molar-refractivity contribution < 1.29 is 9.47 Å². The Morgan fingerprint density at radius 1 is 1.07 bits per heavy atom. The van der Waals surface area contributed by atoms with Gasteiger partial charge >= 0.3 is 0 Å². The largest absolute Gasteiger partial charge is 0.497 e. The average Bonchev–Trinajstić information content (AvgIpc) is 3.21. The number of methoxy groups -OCH3 is 1. The summed E-state index contributed by atoms with van der Waals surface area (Å²) < 4.78 is 13.1. The number of halogens is 2. The Morgan fingerprint density at radius 3 is 2.43 bits per heavy atom. The van der Waals surface area contributed by atoms with E-state index in [4.69, 9.17) is 44.9 Å². The molecule has 0 saturated heterocycles. The fourth-order valence-electron chi connectivity index (χ4n) is 2.71. The van der Waals surface area contributed by atoms with Gasteiger partial charge in [-0.1, -0.05) is 23.2 Å². The first-order valence-corrected chi connectivity index (χ1v) is 9.26. The smallest absolute Gasteiger partial charge is 0.227 e. The minimum atomic E-state index is -0.617. The molecule has 0 bridgehead atoms. The molecule has 0 saturated carbocycles. The van der Waals surface area contributed by atoms with E-state index in [-0.39, 0.29) is 5.11 Å². The van der Waals surface area contributed by atoms with Gasteiger partial charge in [0.15, 0.2) is 0 Å². The highest BCUT2D eigenvalue weighted by atomic mass is 35.5. The second kappa shape index (κ2) is 7.75. The number of ether oxygens (including phenoxy) is 2. The fourth-order valence-corrected chi connectivity index (χ4v) is 3.47. The normalized spacial score (nSPS) is 16.5. The lowest BCUT2D eigenvalue weighted by Gasteiger charge is -2.36. The maximum Gasteiger partial charge on any atom is 0.227 e. The van der Waals surface area contributed by atoms with E-state index in [1.165, 1.54) is 12.7 Å². The molecular formula is C18H13Cl2N5O2S.